The van der Waals surface area contributed by atoms with Crippen LogP contribution in [0, 0.1) is 28.5 Å². The van der Waals surface area contributed by atoms with Crippen LogP contribution in [0.25, 0.3) is 11.1 Å². The third kappa shape index (κ3) is 3.13. The summed E-state index contributed by atoms with van der Waals surface area (Å²) in [6.45, 7) is 3.14. The quantitative estimate of drug-likeness (QED) is 0.633. The Morgan fingerprint density at radius 1 is 1.09 bits per heavy atom. The normalized spacial score (nSPS) is 39.8. The van der Waals surface area contributed by atoms with Gasteiger partial charge in [0.1, 0.15) is 17.0 Å². The number of carbonyl (C=O) groups excluding carboxylic acids is 1. The minimum Gasteiger partial charge on any atom is -0.423 e. The lowest BCUT2D eigenvalue weighted by molar-refractivity contribution is -0.173. The lowest BCUT2D eigenvalue weighted by Crippen LogP contribution is -2.61. The fraction of sp³-hybridized carbons (Fsp3) is 0.692. The highest BCUT2D eigenvalue weighted by Crippen LogP contribution is 2.63. The molecule has 6 aliphatic rings. The Bertz CT molecular complexity index is 1120. The number of anilines is 1. The van der Waals surface area contributed by atoms with Crippen LogP contribution in [0.1, 0.15) is 57.8 Å². The third-order valence-electron chi connectivity index (χ3n) is 9.44. The smallest absolute Gasteiger partial charge is 0.298 e. The van der Waals surface area contributed by atoms with Gasteiger partial charge in [0.05, 0.1) is 5.41 Å². The molecular weight excluding hydrogens is 424 g/mol. The molecule has 1 aromatic carbocycles. The zero-order valence-electron chi connectivity index (χ0n) is 19.0. The predicted molar refractivity (Wildman–Crippen MR) is 120 cm³/mol. The molecule has 5 nitrogen and oxygen atoms in total. The highest BCUT2D eigenvalue weighted by molar-refractivity contribution is 5.84. The number of benzene rings is 1. The van der Waals surface area contributed by atoms with Crippen molar-refractivity contribution in [1.82, 2.24) is 9.88 Å². The number of piperidine rings is 1. The molecule has 7 heteroatoms. The molecule has 8 rings (SSSR count). The third-order valence-corrected chi connectivity index (χ3v) is 9.44. The van der Waals surface area contributed by atoms with Gasteiger partial charge in [0, 0.05) is 37.7 Å². The second-order valence-electron chi connectivity index (χ2n) is 12.0. The molecule has 0 radical (unpaired) electrons. The molecule has 2 aliphatic heterocycles. The van der Waals surface area contributed by atoms with Gasteiger partial charge in [0.15, 0.2) is 5.58 Å². The van der Waals surface area contributed by atoms with Crippen molar-refractivity contribution in [3.05, 3.63) is 24.0 Å². The second-order valence-corrected chi connectivity index (χ2v) is 12.0. The Morgan fingerprint density at radius 2 is 1.91 bits per heavy atom. The molecule has 3 atom stereocenters. The van der Waals surface area contributed by atoms with Gasteiger partial charge in [-0.1, -0.05) is 0 Å². The van der Waals surface area contributed by atoms with E-state index in [0.29, 0.717) is 48.2 Å². The molecule has 2 saturated heterocycles. The molecule has 1 aromatic heterocycles. The Morgan fingerprint density at radius 3 is 2.70 bits per heavy atom. The molecule has 1 spiro atoms. The molecule has 4 aliphatic carbocycles. The maximum Gasteiger partial charge on any atom is 0.298 e. The number of carbonyl (C=O) groups is 1. The summed E-state index contributed by atoms with van der Waals surface area (Å²) in [6.07, 6.45) is 7.74. The van der Waals surface area contributed by atoms with Gasteiger partial charge in [0.2, 0.25) is 5.91 Å². The van der Waals surface area contributed by atoms with Gasteiger partial charge >= 0.3 is 0 Å². The number of halogens is 2. The number of hydrogen-bond acceptors (Lipinski definition) is 4. The van der Waals surface area contributed by atoms with E-state index < -0.39 is 11.1 Å². The Hall–Kier alpha value is -2.18. The highest BCUT2D eigenvalue weighted by Gasteiger charge is 2.62. The van der Waals surface area contributed by atoms with E-state index in [4.69, 9.17) is 4.42 Å². The first-order valence-electron chi connectivity index (χ1n) is 12.6. The first kappa shape index (κ1) is 20.2. The summed E-state index contributed by atoms with van der Waals surface area (Å²) in [4.78, 5) is 22.7. The van der Waals surface area contributed by atoms with Crippen LogP contribution >= 0.6 is 0 Å². The number of nitrogens with zero attached hydrogens (tertiary/aromatic N) is 3. The van der Waals surface area contributed by atoms with Gasteiger partial charge in [-0.05, 0) is 81.8 Å². The van der Waals surface area contributed by atoms with Gasteiger partial charge in [-0.3, -0.25) is 4.79 Å². The van der Waals surface area contributed by atoms with Crippen molar-refractivity contribution < 1.29 is 18.0 Å². The van der Waals surface area contributed by atoms with Crippen molar-refractivity contribution in [1.29, 1.82) is 0 Å². The summed E-state index contributed by atoms with van der Waals surface area (Å²) in [5, 5.41) is 0. The number of rotatable bonds is 2. The Balaban J connectivity index is 1.10. The van der Waals surface area contributed by atoms with Crippen LogP contribution in [-0.4, -0.2) is 47.6 Å². The SMILES string of the molecule is O=C(N1CCCC2(CCN(c3nc4cc(F)ccc4o3)C2)C1)C12CC3CC(CC(F)(C3)C1)C2. The Kier molecular flexibility index (Phi) is 4.10. The van der Waals surface area contributed by atoms with Gasteiger partial charge in [-0.25, -0.2) is 8.78 Å². The Labute approximate surface area is 192 Å². The summed E-state index contributed by atoms with van der Waals surface area (Å²) < 4.78 is 35.0. The van der Waals surface area contributed by atoms with Crippen molar-refractivity contribution >= 4 is 23.0 Å². The molecule has 2 aromatic rings. The van der Waals surface area contributed by atoms with Crippen molar-refractivity contribution in [3.8, 4) is 0 Å². The van der Waals surface area contributed by atoms with Gasteiger partial charge in [-0.2, -0.15) is 4.98 Å². The number of alkyl halides is 1. The van der Waals surface area contributed by atoms with E-state index in [0.717, 1.165) is 64.7 Å². The van der Waals surface area contributed by atoms with Crippen LogP contribution in [-0.2, 0) is 4.79 Å². The van der Waals surface area contributed by atoms with Crippen molar-refractivity contribution in [2.24, 2.45) is 22.7 Å². The maximum atomic E-state index is 15.5. The minimum atomic E-state index is -1.11. The van der Waals surface area contributed by atoms with Gasteiger partial charge in [-0.15, -0.1) is 0 Å². The number of aromatic nitrogens is 1. The number of oxazole rings is 1. The summed E-state index contributed by atoms with van der Waals surface area (Å²) >= 11 is 0. The van der Waals surface area contributed by atoms with Gasteiger partial charge < -0.3 is 14.2 Å². The number of amides is 1. The zero-order chi connectivity index (χ0) is 22.4. The van der Waals surface area contributed by atoms with Crippen LogP contribution in [0.2, 0.25) is 0 Å². The van der Waals surface area contributed by atoms with Crippen LogP contribution < -0.4 is 4.90 Å². The fourth-order valence-electron chi connectivity index (χ4n) is 8.57. The molecule has 1 amide bonds. The van der Waals surface area contributed by atoms with E-state index in [9.17, 15) is 9.18 Å². The first-order valence-corrected chi connectivity index (χ1v) is 12.6. The van der Waals surface area contributed by atoms with E-state index in [1.54, 1.807) is 6.07 Å². The molecule has 33 heavy (non-hydrogen) atoms. The largest absolute Gasteiger partial charge is 0.423 e. The maximum absolute atomic E-state index is 15.5. The molecule has 4 bridgehead atoms. The lowest BCUT2D eigenvalue weighted by Gasteiger charge is -2.59. The standard InChI is InChI=1S/C26H31F2N3O2/c27-19-2-3-21-20(9-19)29-23(33-21)31-7-5-24(16-31)4-1-6-30(15-24)22(32)25-10-17-8-18(11-25)13-26(28,12-17)14-25/h2-3,9,17-18H,1,4-8,10-16H2. The average Bonchev–Trinajstić information content (AvgIpc) is 3.35. The molecule has 0 N–H and O–H groups in total. The zero-order valence-corrected chi connectivity index (χ0v) is 19.0. The van der Waals surface area contributed by atoms with Crippen LogP contribution in [0.3, 0.4) is 0 Å². The summed E-state index contributed by atoms with van der Waals surface area (Å²) in [5.74, 6) is 0.699. The second kappa shape index (κ2) is 6.70. The molecule has 176 valence electrons. The molecule has 4 saturated carbocycles. The summed E-state index contributed by atoms with van der Waals surface area (Å²) in [7, 11) is 0. The minimum absolute atomic E-state index is 0.0233. The average molecular weight is 456 g/mol. The highest BCUT2D eigenvalue weighted by atomic mass is 19.1. The topological polar surface area (TPSA) is 49.6 Å². The van der Waals surface area contributed by atoms with Crippen molar-refractivity contribution in [3.63, 3.8) is 0 Å². The number of fused-ring (bicyclic) bond motifs is 1. The van der Waals surface area contributed by atoms with Crippen molar-refractivity contribution in [2.75, 3.05) is 31.1 Å². The molecule has 6 fully saturated rings. The first-order chi connectivity index (χ1) is 15.8. The number of hydrogen-bond donors (Lipinski definition) is 0. The number of likely N-dealkylation sites (tertiary alicyclic amines) is 1. The molecule has 3 heterocycles. The van der Waals surface area contributed by atoms with Crippen molar-refractivity contribution in [2.45, 2.75) is 63.5 Å². The van der Waals surface area contributed by atoms with Gasteiger partial charge in [0.25, 0.3) is 6.01 Å². The summed E-state index contributed by atoms with van der Waals surface area (Å²) in [6, 6.07) is 4.95. The van der Waals surface area contributed by atoms with E-state index >= 15 is 4.39 Å². The summed E-state index contributed by atoms with van der Waals surface area (Å²) in [5.41, 5.74) is -0.414. The van der Waals surface area contributed by atoms with Crippen LogP contribution in [0.15, 0.2) is 22.6 Å². The van der Waals surface area contributed by atoms with E-state index in [2.05, 4.69) is 14.8 Å². The van der Waals surface area contributed by atoms with Crippen LogP contribution in [0.4, 0.5) is 14.8 Å². The molecule has 3 unspecified atom stereocenters. The lowest BCUT2D eigenvalue weighted by atomic mass is 9.48. The van der Waals surface area contributed by atoms with E-state index in [1.807, 2.05) is 0 Å². The fourth-order valence-corrected chi connectivity index (χ4v) is 8.57. The predicted octanol–water partition coefficient (Wildman–Crippen LogP) is 5.09. The van der Waals surface area contributed by atoms with E-state index in [1.165, 1.54) is 12.1 Å². The van der Waals surface area contributed by atoms with Crippen LogP contribution in [0.5, 0.6) is 0 Å². The monoisotopic (exact) mass is 455 g/mol. The molecular formula is C26H31F2N3O2. The van der Waals surface area contributed by atoms with E-state index in [-0.39, 0.29) is 17.1 Å².